The van der Waals surface area contributed by atoms with Gasteiger partial charge in [0, 0.05) is 0 Å². The molecule has 2 rings (SSSR count). The molecule has 0 aromatic heterocycles. The summed E-state index contributed by atoms with van der Waals surface area (Å²) in [5.74, 6) is 0. The average Bonchev–Trinajstić information content (AvgIpc) is 2.28. The van der Waals surface area contributed by atoms with Crippen molar-refractivity contribution in [2.24, 2.45) is 0 Å². The van der Waals surface area contributed by atoms with Crippen LogP contribution in [0, 0.1) is 21.0 Å². The van der Waals surface area contributed by atoms with Crippen molar-refractivity contribution >= 4 is 34.5 Å². The van der Waals surface area contributed by atoms with Gasteiger partial charge in [-0.05, 0) is 0 Å². The Hall–Kier alpha value is -0.100. The molecule has 0 aliphatic rings. The Labute approximate surface area is 114 Å². The fourth-order valence-corrected chi connectivity index (χ4v) is 8.24. The van der Waals surface area contributed by atoms with Crippen molar-refractivity contribution in [2.75, 3.05) is 0 Å². The minimum absolute atomic E-state index is 1.19. The molecule has 0 N–H and O–H groups in total. The summed E-state index contributed by atoms with van der Waals surface area (Å²) in [5, 5.41) is 0. The van der Waals surface area contributed by atoms with Crippen molar-refractivity contribution in [2.45, 2.75) is 13.8 Å². The van der Waals surface area contributed by atoms with Gasteiger partial charge in [-0.3, -0.25) is 0 Å². The molecule has 0 radical (unpaired) electrons. The molecule has 16 heavy (non-hydrogen) atoms. The van der Waals surface area contributed by atoms with Gasteiger partial charge in [-0.2, -0.15) is 0 Å². The third-order valence-electron chi connectivity index (χ3n) is 2.34. The van der Waals surface area contributed by atoms with Gasteiger partial charge >= 0.3 is 115 Å². The van der Waals surface area contributed by atoms with Crippen LogP contribution >= 0.6 is 34.5 Å². The van der Waals surface area contributed by atoms with E-state index in [0.29, 0.717) is 0 Å². The number of aryl methyl sites for hydroxylation is 2. The summed E-state index contributed by atoms with van der Waals surface area (Å²) in [6, 6.07) is 17.9. The van der Waals surface area contributed by atoms with Crippen molar-refractivity contribution in [3.05, 3.63) is 66.8 Å². The molecule has 2 heteroatoms. The van der Waals surface area contributed by atoms with Gasteiger partial charge in [0.15, 0.2) is 0 Å². The van der Waals surface area contributed by atoms with Crippen LogP contribution in [0.3, 0.4) is 0 Å². The van der Waals surface area contributed by atoms with E-state index in [4.69, 9.17) is 0 Å². The van der Waals surface area contributed by atoms with E-state index in [9.17, 15) is 0 Å². The van der Waals surface area contributed by atoms with Crippen molar-refractivity contribution in [1.82, 2.24) is 0 Å². The van der Waals surface area contributed by atoms with E-state index in [2.05, 4.69) is 81.0 Å². The Morgan fingerprint density at radius 2 is 1.25 bits per heavy atom. The van der Waals surface area contributed by atoms with E-state index in [0.717, 1.165) is 0 Å². The van der Waals surface area contributed by atoms with E-state index >= 15 is 0 Å². The Morgan fingerprint density at radius 1 is 0.812 bits per heavy atom. The first-order valence-electron chi connectivity index (χ1n) is 5.16. The fraction of sp³-hybridized carbons (Fsp3) is 0.143. The van der Waals surface area contributed by atoms with E-state index in [1.54, 1.807) is 0 Å². The van der Waals surface area contributed by atoms with Gasteiger partial charge < -0.3 is 0 Å². The van der Waals surface area contributed by atoms with E-state index in [1.807, 2.05) is 0 Å². The number of rotatable bonds is 2. The van der Waals surface area contributed by atoms with E-state index < -0.39 is 15.8 Å². The molecule has 0 spiro atoms. The molecule has 0 bridgehead atoms. The third kappa shape index (κ3) is 2.97. The first-order valence-corrected chi connectivity index (χ1v) is 13.6. The van der Waals surface area contributed by atoms with Crippen LogP contribution in [-0.4, -0.2) is 0 Å². The van der Waals surface area contributed by atoms with Gasteiger partial charge in [-0.25, -0.2) is 0 Å². The minimum atomic E-state index is -1.19. The summed E-state index contributed by atoms with van der Waals surface area (Å²) >= 11 is 1.47. The van der Waals surface area contributed by atoms with Crippen LogP contribution in [0.25, 0.3) is 0 Å². The number of hydrogen-bond donors (Lipinski definition) is 0. The maximum absolute atomic E-state index is 2.66. The van der Waals surface area contributed by atoms with Gasteiger partial charge in [0.05, 0.1) is 0 Å². The summed E-state index contributed by atoms with van der Waals surface area (Å²) in [5.41, 5.74) is 2.73. The molecule has 0 amide bonds. The average molecular weight is 436 g/mol. The van der Waals surface area contributed by atoms with Gasteiger partial charge in [-0.1, -0.05) is 0 Å². The summed E-state index contributed by atoms with van der Waals surface area (Å²) in [7, 11) is 0. The standard InChI is InChI=1S/C14H14I2/c1-11-5-3-7-13(9-11)16(15)14-8-4-6-12(2)10-14/h3-10H,1-2H3. The van der Waals surface area contributed by atoms with Crippen LogP contribution in [0.5, 0.6) is 0 Å². The number of benzene rings is 2. The Bertz CT molecular complexity index is 446. The van der Waals surface area contributed by atoms with Crippen LogP contribution in [0.1, 0.15) is 11.1 Å². The molecule has 0 saturated heterocycles. The Balaban J connectivity index is 2.35. The van der Waals surface area contributed by atoms with Crippen molar-refractivity contribution < 1.29 is 0 Å². The quantitative estimate of drug-likeness (QED) is 0.569. The topological polar surface area (TPSA) is 0 Å². The molecule has 0 saturated carbocycles. The van der Waals surface area contributed by atoms with Gasteiger partial charge in [0.25, 0.3) is 0 Å². The second-order valence-electron chi connectivity index (χ2n) is 3.84. The Morgan fingerprint density at radius 3 is 1.62 bits per heavy atom. The van der Waals surface area contributed by atoms with Crippen molar-refractivity contribution in [1.29, 1.82) is 0 Å². The van der Waals surface area contributed by atoms with Crippen molar-refractivity contribution in [3.8, 4) is 0 Å². The molecule has 0 atom stereocenters. The molecular formula is C14H14I2. The predicted molar refractivity (Wildman–Crippen MR) is 87.8 cm³/mol. The molecule has 0 aliphatic carbocycles. The molecule has 0 nitrogen and oxygen atoms in total. The molecule has 0 aliphatic heterocycles. The predicted octanol–water partition coefficient (Wildman–Crippen LogP) is 5.20. The summed E-state index contributed by atoms with van der Waals surface area (Å²) in [6.07, 6.45) is 0. The zero-order chi connectivity index (χ0) is 11.5. The molecule has 0 heterocycles. The summed E-state index contributed by atoms with van der Waals surface area (Å²) in [6.45, 7) is 4.33. The van der Waals surface area contributed by atoms with E-state index in [1.165, 1.54) is 18.3 Å². The summed E-state index contributed by atoms with van der Waals surface area (Å²) < 4.78 is 3.07. The molecule has 2 aromatic carbocycles. The van der Waals surface area contributed by atoms with Gasteiger partial charge in [-0.15, -0.1) is 0 Å². The molecule has 84 valence electrons. The normalized spacial score (nSPS) is 11.3. The molecule has 2 aromatic rings. The number of hydrogen-bond acceptors (Lipinski definition) is 0. The number of halogens is 2. The zero-order valence-corrected chi connectivity index (χ0v) is 13.7. The van der Waals surface area contributed by atoms with Crippen LogP contribution in [-0.2, 0) is 0 Å². The van der Waals surface area contributed by atoms with Crippen LogP contribution in [0.4, 0.5) is 0 Å². The van der Waals surface area contributed by atoms with Crippen LogP contribution in [0.2, 0.25) is 0 Å². The second-order valence-corrected chi connectivity index (χ2v) is 13.2. The van der Waals surface area contributed by atoms with Crippen LogP contribution < -0.4 is 0 Å². The van der Waals surface area contributed by atoms with E-state index in [-0.39, 0.29) is 0 Å². The SMILES string of the molecule is Cc1cccc(I(I)c2cccc(C)c2)c1. The molecule has 0 fully saturated rings. The van der Waals surface area contributed by atoms with Crippen molar-refractivity contribution in [3.63, 3.8) is 0 Å². The maximum atomic E-state index is 2.66. The third-order valence-corrected chi connectivity index (χ3v) is 12.2. The Kier molecular flexibility index (Phi) is 4.24. The molecule has 0 unspecified atom stereocenters. The van der Waals surface area contributed by atoms with Gasteiger partial charge in [0.1, 0.15) is 0 Å². The first-order chi connectivity index (χ1) is 7.66. The second kappa shape index (κ2) is 5.49. The zero-order valence-electron chi connectivity index (χ0n) is 9.37. The molecular weight excluding hydrogens is 422 g/mol. The fourth-order valence-electron chi connectivity index (χ4n) is 1.54. The van der Waals surface area contributed by atoms with Crippen LogP contribution in [0.15, 0.2) is 48.5 Å². The summed E-state index contributed by atoms with van der Waals surface area (Å²) in [4.78, 5) is 0. The first kappa shape index (κ1) is 12.4. The van der Waals surface area contributed by atoms with Gasteiger partial charge in [0.2, 0.25) is 0 Å². The monoisotopic (exact) mass is 436 g/mol.